The predicted octanol–water partition coefficient (Wildman–Crippen LogP) is 4.42. The monoisotopic (exact) mass is 351 g/mol. The standard InChI is InChI=1S/C18H26ClN3O.CH4/c1-3-22(11-12-23)10-4-5-14(2)21-17-8-9-20-18-13-15(19)6-7-16(17)18;/h6-9,13-14,23H,3-5,10-12H2,1-2H3,(H,20,21);1H4. The molecule has 0 aliphatic heterocycles. The second-order valence-corrected chi connectivity index (χ2v) is 6.30. The van der Waals surface area contributed by atoms with E-state index in [-0.39, 0.29) is 14.0 Å². The van der Waals surface area contributed by atoms with Gasteiger partial charge in [-0.05, 0) is 57.1 Å². The summed E-state index contributed by atoms with van der Waals surface area (Å²) in [6.07, 6.45) is 4.00. The maximum atomic E-state index is 9.02. The van der Waals surface area contributed by atoms with Crippen molar-refractivity contribution in [1.82, 2.24) is 9.88 Å². The first-order valence-electron chi connectivity index (χ1n) is 8.28. The Bertz CT molecular complexity index is 621. The van der Waals surface area contributed by atoms with E-state index in [2.05, 4.69) is 29.0 Å². The largest absolute Gasteiger partial charge is 0.395 e. The quantitative estimate of drug-likeness (QED) is 0.702. The van der Waals surface area contributed by atoms with E-state index < -0.39 is 0 Å². The van der Waals surface area contributed by atoms with Crippen molar-refractivity contribution < 1.29 is 5.11 Å². The Morgan fingerprint density at radius 2 is 2.08 bits per heavy atom. The van der Waals surface area contributed by atoms with Crippen LogP contribution >= 0.6 is 11.6 Å². The third-order valence-electron chi connectivity index (χ3n) is 4.08. The molecule has 0 aliphatic rings. The molecule has 0 radical (unpaired) electrons. The van der Waals surface area contributed by atoms with Gasteiger partial charge in [-0.2, -0.15) is 0 Å². The van der Waals surface area contributed by atoms with Crippen LogP contribution in [0.1, 0.15) is 34.1 Å². The smallest absolute Gasteiger partial charge is 0.0737 e. The summed E-state index contributed by atoms with van der Waals surface area (Å²) in [5, 5.41) is 14.4. The van der Waals surface area contributed by atoms with Crippen LogP contribution in [0.3, 0.4) is 0 Å². The van der Waals surface area contributed by atoms with Crippen LogP contribution in [0.15, 0.2) is 30.5 Å². The van der Waals surface area contributed by atoms with Gasteiger partial charge in [0.15, 0.2) is 0 Å². The van der Waals surface area contributed by atoms with Crippen LogP contribution in [0.25, 0.3) is 10.9 Å². The van der Waals surface area contributed by atoms with Crippen LogP contribution in [0, 0.1) is 0 Å². The summed E-state index contributed by atoms with van der Waals surface area (Å²) in [6.45, 7) is 7.32. The van der Waals surface area contributed by atoms with Crippen LogP contribution in [0.4, 0.5) is 5.69 Å². The number of aromatic nitrogens is 1. The van der Waals surface area contributed by atoms with E-state index in [1.54, 1.807) is 0 Å². The maximum absolute atomic E-state index is 9.02. The fraction of sp³-hybridized carbons (Fsp3) is 0.526. The third kappa shape index (κ3) is 5.93. The molecule has 0 bridgehead atoms. The van der Waals surface area contributed by atoms with E-state index >= 15 is 0 Å². The van der Waals surface area contributed by atoms with Gasteiger partial charge in [-0.3, -0.25) is 4.98 Å². The van der Waals surface area contributed by atoms with Gasteiger partial charge in [0.2, 0.25) is 0 Å². The summed E-state index contributed by atoms with van der Waals surface area (Å²) < 4.78 is 0. The number of halogens is 1. The van der Waals surface area contributed by atoms with Gasteiger partial charge in [0.1, 0.15) is 0 Å². The first-order valence-corrected chi connectivity index (χ1v) is 8.66. The minimum absolute atomic E-state index is 0. The van der Waals surface area contributed by atoms with E-state index in [1.165, 1.54) is 0 Å². The summed E-state index contributed by atoms with van der Waals surface area (Å²) in [4.78, 5) is 6.65. The summed E-state index contributed by atoms with van der Waals surface area (Å²) in [5.41, 5.74) is 2.01. The van der Waals surface area contributed by atoms with Crippen molar-refractivity contribution in [1.29, 1.82) is 0 Å². The van der Waals surface area contributed by atoms with E-state index in [1.807, 2.05) is 30.5 Å². The Morgan fingerprint density at radius 1 is 1.29 bits per heavy atom. The van der Waals surface area contributed by atoms with E-state index in [4.69, 9.17) is 16.7 Å². The van der Waals surface area contributed by atoms with Crippen molar-refractivity contribution >= 4 is 28.2 Å². The van der Waals surface area contributed by atoms with Crippen molar-refractivity contribution in [3.05, 3.63) is 35.5 Å². The molecule has 5 heteroatoms. The van der Waals surface area contributed by atoms with Crippen molar-refractivity contribution in [2.75, 3.05) is 31.6 Å². The lowest BCUT2D eigenvalue weighted by Gasteiger charge is -2.21. The molecule has 4 nitrogen and oxygen atoms in total. The highest BCUT2D eigenvalue weighted by molar-refractivity contribution is 6.31. The number of aliphatic hydroxyl groups is 1. The van der Waals surface area contributed by atoms with Crippen molar-refractivity contribution in [3.63, 3.8) is 0 Å². The number of benzene rings is 1. The lowest BCUT2D eigenvalue weighted by molar-refractivity contribution is 0.199. The molecule has 0 spiro atoms. The Hall–Kier alpha value is -1.36. The number of aliphatic hydroxyl groups excluding tert-OH is 1. The molecule has 0 aliphatic carbocycles. The van der Waals surface area contributed by atoms with E-state index in [0.29, 0.717) is 11.1 Å². The molecule has 24 heavy (non-hydrogen) atoms. The van der Waals surface area contributed by atoms with Gasteiger partial charge in [0.05, 0.1) is 12.1 Å². The lowest BCUT2D eigenvalue weighted by Crippen LogP contribution is -2.28. The fourth-order valence-corrected chi connectivity index (χ4v) is 2.94. The van der Waals surface area contributed by atoms with Crippen molar-refractivity contribution in [3.8, 4) is 0 Å². The van der Waals surface area contributed by atoms with Crippen LogP contribution in [-0.2, 0) is 0 Å². The average Bonchev–Trinajstić information content (AvgIpc) is 2.54. The summed E-state index contributed by atoms with van der Waals surface area (Å²) in [6, 6.07) is 8.19. The Balaban J connectivity index is 0.00000288. The molecule has 1 heterocycles. The minimum atomic E-state index is 0. The number of anilines is 1. The van der Waals surface area contributed by atoms with Gasteiger partial charge in [-0.15, -0.1) is 0 Å². The predicted molar refractivity (Wildman–Crippen MR) is 105 cm³/mol. The Morgan fingerprint density at radius 3 is 2.79 bits per heavy atom. The molecular weight excluding hydrogens is 322 g/mol. The molecule has 2 N–H and O–H groups in total. The number of fused-ring (bicyclic) bond motifs is 1. The molecule has 0 saturated carbocycles. The molecule has 1 atom stereocenters. The maximum Gasteiger partial charge on any atom is 0.0737 e. The van der Waals surface area contributed by atoms with Crippen LogP contribution in [0.5, 0.6) is 0 Å². The lowest BCUT2D eigenvalue weighted by atomic mass is 10.1. The number of nitrogens with one attached hydrogen (secondary N) is 1. The summed E-state index contributed by atoms with van der Waals surface area (Å²) >= 11 is 6.03. The number of likely N-dealkylation sites (N-methyl/N-ethyl adjacent to an activating group) is 1. The van der Waals surface area contributed by atoms with E-state index in [0.717, 1.165) is 49.1 Å². The summed E-state index contributed by atoms with van der Waals surface area (Å²) in [7, 11) is 0. The highest BCUT2D eigenvalue weighted by Crippen LogP contribution is 2.25. The molecule has 0 fully saturated rings. The second kappa shape index (κ2) is 10.5. The first kappa shape index (κ1) is 20.7. The number of pyridine rings is 1. The first-order chi connectivity index (χ1) is 11.1. The van der Waals surface area contributed by atoms with Gasteiger partial charge >= 0.3 is 0 Å². The normalized spacial score (nSPS) is 12.2. The number of nitrogens with zero attached hydrogens (tertiary/aromatic N) is 2. The number of rotatable bonds is 9. The molecule has 1 aromatic heterocycles. The zero-order chi connectivity index (χ0) is 16.7. The number of hydrogen-bond acceptors (Lipinski definition) is 4. The molecule has 2 rings (SSSR count). The highest BCUT2D eigenvalue weighted by Gasteiger charge is 2.08. The zero-order valence-electron chi connectivity index (χ0n) is 13.9. The Labute approximate surface area is 150 Å². The molecule has 2 aromatic rings. The van der Waals surface area contributed by atoms with Gasteiger partial charge in [-0.25, -0.2) is 0 Å². The van der Waals surface area contributed by atoms with Gasteiger partial charge in [-0.1, -0.05) is 26.0 Å². The van der Waals surface area contributed by atoms with Gasteiger partial charge < -0.3 is 15.3 Å². The molecule has 134 valence electrons. The topological polar surface area (TPSA) is 48.4 Å². The SMILES string of the molecule is C.CCN(CCO)CCCC(C)Nc1ccnc2cc(Cl)ccc12. The molecule has 0 saturated heterocycles. The summed E-state index contributed by atoms with van der Waals surface area (Å²) in [5.74, 6) is 0. The van der Waals surface area contributed by atoms with Gasteiger partial charge in [0, 0.05) is 34.9 Å². The van der Waals surface area contributed by atoms with Crippen LogP contribution < -0.4 is 5.32 Å². The molecule has 0 amide bonds. The molecule has 1 unspecified atom stereocenters. The zero-order valence-corrected chi connectivity index (χ0v) is 14.7. The van der Waals surface area contributed by atoms with Crippen molar-refractivity contribution in [2.45, 2.75) is 40.2 Å². The van der Waals surface area contributed by atoms with Gasteiger partial charge in [0.25, 0.3) is 0 Å². The number of hydrogen-bond donors (Lipinski definition) is 2. The minimum Gasteiger partial charge on any atom is -0.395 e. The fourth-order valence-electron chi connectivity index (χ4n) is 2.78. The Kier molecular flexibility index (Phi) is 9.04. The molecular formula is C19H30ClN3O. The highest BCUT2D eigenvalue weighted by atomic mass is 35.5. The molecule has 1 aromatic carbocycles. The van der Waals surface area contributed by atoms with Crippen LogP contribution in [-0.4, -0.2) is 47.3 Å². The second-order valence-electron chi connectivity index (χ2n) is 5.87. The van der Waals surface area contributed by atoms with E-state index in [9.17, 15) is 0 Å². The third-order valence-corrected chi connectivity index (χ3v) is 4.32. The average molecular weight is 352 g/mol. The van der Waals surface area contributed by atoms with Crippen LogP contribution in [0.2, 0.25) is 5.02 Å². The van der Waals surface area contributed by atoms with Crippen molar-refractivity contribution in [2.24, 2.45) is 0 Å².